The Morgan fingerprint density at radius 3 is 0.768 bits per heavy atom. The van der Waals surface area contributed by atoms with E-state index in [4.69, 9.17) is 13.5 Å². The van der Waals surface area contributed by atoms with Crippen molar-refractivity contribution < 1.29 is 4.57 Å². The van der Waals surface area contributed by atoms with Crippen molar-refractivity contribution in [2.24, 2.45) is 13.5 Å². The first-order chi connectivity index (χ1) is 26.5. The molecule has 0 aromatic rings. The van der Waals surface area contributed by atoms with Crippen molar-refractivity contribution in [2.45, 2.75) is 156 Å². The summed E-state index contributed by atoms with van der Waals surface area (Å²) < 4.78 is 45.6. The molecule has 0 radical (unpaired) electrons. The molecule has 0 saturated heterocycles. The molecule has 0 aliphatic rings. The molecule has 17 heteroatoms. The van der Waals surface area contributed by atoms with Crippen LogP contribution in [-0.2, 0) is 4.57 Å². The largest absolute Gasteiger partial charge is 0.421 e. The van der Waals surface area contributed by atoms with Crippen LogP contribution in [0.3, 0.4) is 0 Å². The summed E-state index contributed by atoms with van der Waals surface area (Å²) in [6.45, 7) is 9.21. The van der Waals surface area contributed by atoms with E-state index in [1.54, 1.807) is 0 Å². The van der Waals surface area contributed by atoms with Crippen molar-refractivity contribution in [2.75, 3.05) is 104 Å². The second kappa shape index (κ2) is 31.4. The number of nitrogens with zero attached hydrogens (tertiary/aromatic N) is 9. The Bertz CT molecular complexity index is 1050. The van der Waals surface area contributed by atoms with Crippen molar-refractivity contribution in [3.8, 4) is 0 Å². The first-order valence-corrected chi connectivity index (χ1v) is 28.8. The zero-order chi connectivity index (χ0) is 42.7. The number of rotatable bonds is 36. The highest BCUT2D eigenvalue weighted by Crippen LogP contribution is 2.74. The normalized spacial score (nSPS) is 13.4. The Hall–Kier alpha value is 0.560. The summed E-state index contributed by atoms with van der Waals surface area (Å²) in [5, 5.41) is 11.8. The number of nitrogens with one attached hydrogen (secondary N) is 3. The van der Waals surface area contributed by atoms with Gasteiger partial charge in [0.05, 0.1) is 0 Å². The molecule has 56 heavy (non-hydrogen) atoms. The fourth-order valence-electron chi connectivity index (χ4n) is 7.40. The number of unbranched alkanes of at least 4 members (excludes halogenated alkanes) is 18. The predicted octanol–water partition coefficient (Wildman–Crippen LogP) is 12.3. The van der Waals surface area contributed by atoms with E-state index in [2.05, 4.69) is 64.1 Å². The van der Waals surface area contributed by atoms with Gasteiger partial charge in [-0.15, -0.1) is 0 Å². The van der Waals surface area contributed by atoms with Gasteiger partial charge < -0.3 is 0 Å². The van der Waals surface area contributed by atoms with Crippen molar-refractivity contribution in [3.63, 3.8) is 0 Å². The summed E-state index contributed by atoms with van der Waals surface area (Å²) in [6.07, 6.45) is 25.9. The lowest BCUT2D eigenvalue weighted by Gasteiger charge is -2.43. The Kier molecular flexibility index (Phi) is 31.7. The van der Waals surface area contributed by atoms with Gasteiger partial charge in [-0.25, -0.2) is 4.57 Å². The molecule has 0 amide bonds. The first kappa shape index (κ1) is 56.6. The highest BCUT2D eigenvalue weighted by molar-refractivity contribution is 7.79. The maximum absolute atomic E-state index is 16.3. The summed E-state index contributed by atoms with van der Waals surface area (Å²) in [4.78, 5) is 0. The van der Waals surface area contributed by atoms with Gasteiger partial charge in [-0.05, 0) is 104 Å². The van der Waals surface area contributed by atoms with Crippen LogP contribution >= 0.6 is 30.1 Å². The standard InChI is InChI=1S/C39H96N12OP4/c1-16-19-22-25-28-31-34-37-40-53(41-38-35-32-29-26-23-20-17-2,42-39-36-33-30-27-24-21-18-3)43-54(52,44-55(46(4)5,47(6)7)48(8)9)45-56(49(10)11,50(12)13)51(14)15/h40-42H,16-39H2,1-15H3. The summed E-state index contributed by atoms with van der Waals surface area (Å²) >= 11 is 0. The highest BCUT2D eigenvalue weighted by atomic mass is 31.3. The lowest BCUT2D eigenvalue weighted by Crippen LogP contribution is -2.34. The van der Waals surface area contributed by atoms with Gasteiger partial charge in [0, 0.05) is 19.6 Å². The molecule has 0 aromatic heterocycles. The van der Waals surface area contributed by atoms with Crippen molar-refractivity contribution in [1.29, 1.82) is 0 Å². The molecule has 0 unspecified atom stereocenters. The van der Waals surface area contributed by atoms with Crippen LogP contribution in [0.15, 0.2) is 13.5 Å². The van der Waals surface area contributed by atoms with Gasteiger partial charge in [0.15, 0.2) is 22.5 Å². The molecule has 0 aliphatic carbocycles. The van der Waals surface area contributed by atoms with E-state index in [0.29, 0.717) is 0 Å². The van der Waals surface area contributed by atoms with Crippen LogP contribution in [0.1, 0.15) is 156 Å². The molecule has 338 valence electrons. The van der Waals surface area contributed by atoms with Gasteiger partial charge in [-0.1, -0.05) is 136 Å². The maximum Gasteiger partial charge on any atom is 0.421 e. The third-order valence-electron chi connectivity index (χ3n) is 10.3. The minimum Gasteiger partial charge on any atom is -0.259 e. The predicted molar refractivity (Wildman–Crippen MR) is 256 cm³/mol. The van der Waals surface area contributed by atoms with Gasteiger partial charge in [-0.3, -0.25) is 43.3 Å². The van der Waals surface area contributed by atoms with Crippen molar-refractivity contribution >= 4 is 30.1 Å². The summed E-state index contributed by atoms with van der Waals surface area (Å²) in [5.74, 6) is 0. The summed E-state index contributed by atoms with van der Waals surface area (Å²) in [7, 11) is 12.2. The van der Waals surface area contributed by atoms with Crippen molar-refractivity contribution in [1.82, 2.24) is 43.3 Å². The van der Waals surface area contributed by atoms with Gasteiger partial charge >= 0.3 is 7.59 Å². The minimum atomic E-state index is -4.04. The van der Waals surface area contributed by atoms with E-state index in [0.717, 1.165) is 38.9 Å². The minimum absolute atomic E-state index is 0.795. The maximum atomic E-state index is 16.3. The van der Waals surface area contributed by atoms with E-state index >= 15 is 4.57 Å². The van der Waals surface area contributed by atoms with Gasteiger partial charge in [0.25, 0.3) is 0 Å². The van der Waals surface area contributed by atoms with E-state index in [-0.39, 0.29) is 0 Å². The van der Waals surface area contributed by atoms with Crippen LogP contribution in [0.4, 0.5) is 0 Å². The molecule has 0 aliphatic heterocycles. The molecule has 0 bridgehead atoms. The topological polar surface area (TPSA) is 110 Å². The monoisotopic (exact) mass is 873 g/mol. The Morgan fingerprint density at radius 2 is 0.554 bits per heavy atom. The van der Waals surface area contributed by atoms with E-state index in [1.807, 2.05) is 84.6 Å². The molecular weight excluding hydrogens is 776 g/mol. The van der Waals surface area contributed by atoms with Gasteiger partial charge in [0.1, 0.15) is 0 Å². The highest BCUT2D eigenvalue weighted by Gasteiger charge is 2.40. The molecule has 0 heterocycles. The molecule has 0 fully saturated rings. The zero-order valence-corrected chi connectivity index (χ0v) is 43.3. The van der Waals surface area contributed by atoms with E-state index in [1.165, 1.54) is 116 Å². The van der Waals surface area contributed by atoms with Gasteiger partial charge in [0.2, 0.25) is 0 Å². The third-order valence-corrected chi connectivity index (χ3v) is 24.6. The molecule has 13 nitrogen and oxygen atoms in total. The molecule has 0 aromatic carbocycles. The summed E-state index contributed by atoms with van der Waals surface area (Å²) in [6, 6.07) is 0. The fourth-order valence-corrected chi connectivity index (χ4v) is 23.4. The van der Waals surface area contributed by atoms with Gasteiger partial charge in [-0.2, -0.15) is 13.5 Å². The lowest BCUT2D eigenvalue weighted by atomic mass is 10.1. The van der Waals surface area contributed by atoms with Crippen LogP contribution in [0.25, 0.3) is 0 Å². The Balaban J connectivity index is 7.69. The molecule has 0 saturated carbocycles. The van der Waals surface area contributed by atoms with Crippen LogP contribution in [0.2, 0.25) is 0 Å². The summed E-state index contributed by atoms with van der Waals surface area (Å²) in [5.41, 5.74) is 0. The molecule has 3 N–H and O–H groups in total. The van der Waals surface area contributed by atoms with Crippen LogP contribution in [-0.4, -0.2) is 132 Å². The SMILES string of the molecule is CCCCCCCCCNP(=NP(=O)(N=P(N(C)C)(N(C)C)N(C)C)N=P(N(C)C)(N(C)C)N(C)C)(NCCCCCCCCC)NCCCCCCCCC. The van der Waals surface area contributed by atoms with Crippen LogP contribution in [0, 0.1) is 0 Å². The smallest absolute Gasteiger partial charge is 0.259 e. The van der Waals surface area contributed by atoms with E-state index < -0.39 is 30.1 Å². The number of hydrogen-bond donors (Lipinski definition) is 3. The van der Waals surface area contributed by atoms with Crippen LogP contribution in [0.5, 0.6) is 0 Å². The van der Waals surface area contributed by atoms with Crippen molar-refractivity contribution in [3.05, 3.63) is 0 Å². The average molecular weight is 873 g/mol. The Morgan fingerprint density at radius 1 is 0.339 bits per heavy atom. The second-order valence-corrected chi connectivity index (χ2v) is 29.0. The quantitative estimate of drug-likeness (QED) is 0.0416. The zero-order valence-electron chi connectivity index (χ0n) is 39.7. The van der Waals surface area contributed by atoms with E-state index in [9.17, 15) is 0 Å². The first-order valence-electron chi connectivity index (χ1n) is 22.3. The third kappa shape index (κ3) is 20.4. The molecular formula is C39H96N12OP4. The lowest BCUT2D eigenvalue weighted by molar-refractivity contribution is 0.471. The molecule has 0 atom stereocenters. The second-order valence-electron chi connectivity index (χ2n) is 16.7. The Labute approximate surface area is 350 Å². The number of hydrogen-bond acceptors (Lipinski definition) is 1. The molecule has 0 spiro atoms. The fraction of sp³-hybridized carbons (Fsp3) is 1.00. The van der Waals surface area contributed by atoms with Crippen LogP contribution < -0.4 is 15.3 Å². The molecule has 0 rings (SSSR count). The average Bonchev–Trinajstić information content (AvgIpc) is 3.12.